The van der Waals surface area contributed by atoms with Gasteiger partial charge in [0.1, 0.15) is 5.54 Å². The second-order valence-corrected chi connectivity index (χ2v) is 5.58. The number of fused-ring (bicyclic) bond motifs is 1. The van der Waals surface area contributed by atoms with Crippen molar-refractivity contribution in [3.8, 4) is 0 Å². The Morgan fingerprint density at radius 2 is 2.18 bits per heavy atom. The average Bonchev–Trinajstić information content (AvgIpc) is 2.87. The molecule has 2 aliphatic rings. The van der Waals surface area contributed by atoms with Gasteiger partial charge in [0.15, 0.2) is 5.17 Å². The predicted octanol–water partition coefficient (Wildman–Crippen LogP) is 3.40. The zero-order valence-electron chi connectivity index (χ0n) is 9.56. The number of amidine groups is 1. The van der Waals surface area contributed by atoms with Crippen LogP contribution in [0.5, 0.6) is 0 Å². The maximum atomic E-state index is 5.94. The third-order valence-electron chi connectivity index (χ3n) is 3.22. The molecule has 0 bridgehead atoms. The van der Waals surface area contributed by atoms with E-state index in [0.29, 0.717) is 5.88 Å². The van der Waals surface area contributed by atoms with Gasteiger partial charge >= 0.3 is 0 Å². The summed E-state index contributed by atoms with van der Waals surface area (Å²) in [5.74, 6) is 0.552. The number of halogens is 1. The number of hydrogen-bond donors (Lipinski definition) is 0. The molecular formula is C13H13ClN2S. The lowest BCUT2D eigenvalue weighted by molar-refractivity contribution is 0.419. The molecule has 0 fully saturated rings. The van der Waals surface area contributed by atoms with Crippen LogP contribution in [0.2, 0.25) is 0 Å². The van der Waals surface area contributed by atoms with Crippen LogP contribution in [0.1, 0.15) is 12.5 Å². The van der Waals surface area contributed by atoms with Gasteiger partial charge in [0.25, 0.3) is 0 Å². The molecule has 1 atom stereocenters. The lowest BCUT2D eigenvalue weighted by Crippen LogP contribution is -2.30. The Balaban J connectivity index is 1.93. The normalized spacial score (nSPS) is 26.8. The minimum Gasteiger partial charge on any atom is -0.320 e. The molecule has 3 rings (SSSR count). The van der Waals surface area contributed by atoms with Crippen LogP contribution in [-0.4, -0.2) is 22.5 Å². The molecule has 0 spiro atoms. The molecule has 0 saturated heterocycles. The fourth-order valence-corrected chi connectivity index (χ4v) is 3.57. The maximum Gasteiger partial charge on any atom is 0.168 e. The van der Waals surface area contributed by atoms with Crippen molar-refractivity contribution in [1.29, 1.82) is 0 Å². The van der Waals surface area contributed by atoms with E-state index in [1.165, 1.54) is 5.56 Å². The molecule has 2 aliphatic heterocycles. The number of aliphatic imine (C=N–C) groups is 1. The highest BCUT2D eigenvalue weighted by Gasteiger charge is 2.40. The van der Waals surface area contributed by atoms with Crippen molar-refractivity contribution in [2.45, 2.75) is 12.5 Å². The Kier molecular flexibility index (Phi) is 2.68. The number of rotatable bonds is 2. The number of thioether (sulfide) groups is 1. The summed E-state index contributed by atoms with van der Waals surface area (Å²) in [7, 11) is 0. The first kappa shape index (κ1) is 11.2. The zero-order chi connectivity index (χ0) is 11.9. The van der Waals surface area contributed by atoms with Crippen molar-refractivity contribution in [2.24, 2.45) is 4.99 Å². The molecule has 1 unspecified atom stereocenters. The van der Waals surface area contributed by atoms with Crippen molar-refractivity contribution >= 4 is 28.5 Å². The number of alkyl halides is 1. The van der Waals surface area contributed by atoms with Crippen molar-refractivity contribution in [3.05, 3.63) is 47.0 Å². The van der Waals surface area contributed by atoms with Crippen molar-refractivity contribution < 1.29 is 0 Å². The van der Waals surface area contributed by atoms with Gasteiger partial charge < -0.3 is 4.90 Å². The molecule has 88 valence electrons. The molecule has 0 aromatic heterocycles. The van der Waals surface area contributed by atoms with Gasteiger partial charge in [-0.1, -0.05) is 42.1 Å². The quantitative estimate of drug-likeness (QED) is 0.761. The molecule has 0 amide bonds. The van der Waals surface area contributed by atoms with Gasteiger partial charge in [-0.25, -0.2) is 4.99 Å². The average molecular weight is 265 g/mol. The topological polar surface area (TPSA) is 15.6 Å². The predicted molar refractivity (Wildman–Crippen MR) is 74.3 cm³/mol. The van der Waals surface area contributed by atoms with E-state index in [-0.39, 0.29) is 5.54 Å². The van der Waals surface area contributed by atoms with E-state index in [9.17, 15) is 0 Å². The maximum absolute atomic E-state index is 5.94. The molecule has 2 heterocycles. The molecule has 0 N–H and O–H groups in total. The van der Waals surface area contributed by atoms with Crippen molar-refractivity contribution in [3.63, 3.8) is 0 Å². The third kappa shape index (κ3) is 1.78. The molecule has 2 nitrogen and oxygen atoms in total. The summed E-state index contributed by atoms with van der Waals surface area (Å²) in [4.78, 5) is 7.07. The van der Waals surface area contributed by atoms with Gasteiger partial charge in [-0.15, -0.1) is 11.6 Å². The van der Waals surface area contributed by atoms with Crippen LogP contribution in [-0.2, 0) is 5.54 Å². The Labute approximate surface area is 110 Å². The lowest BCUT2D eigenvalue weighted by atomic mass is 9.93. The van der Waals surface area contributed by atoms with Crippen molar-refractivity contribution in [1.82, 2.24) is 4.90 Å². The molecule has 0 aliphatic carbocycles. The number of nitrogens with zero attached hydrogens (tertiary/aromatic N) is 2. The Bertz CT molecular complexity index is 497. The first-order chi connectivity index (χ1) is 8.23. The van der Waals surface area contributed by atoms with E-state index in [2.05, 4.69) is 41.5 Å². The third-order valence-corrected chi connectivity index (χ3v) is 4.41. The van der Waals surface area contributed by atoms with E-state index in [4.69, 9.17) is 16.6 Å². The monoisotopic (exact) mass is 264 g/mol. The van der Waals surface area contributed by atoms with Crippen molar-refractivity contribution in [2.75, 3.05) is 12.4 Å². The second-order valence-electron chi connectivity index (χ2n) is 4.48. The Morgan fingerprint density at radius 1 is 1.41 bits per heavy atom. The second kappa shape index (κ2) is 4.07. The Hall–Kier alpha value is -0.930. The van der Waals surface area contributed by atoms with Gasteiger partial charge in [0, 0.05) is 5.70 Å². The lowest BCUT2D eigenvalue weighted by Gasteiger charge is -2.24. The van der Waals surface area contributed by atoms with Crippen LogP contribution in [0.4, 0.5) is 0 Å². The number of hydrogen-bond acceptors (Lipinski definition) is 3. The fraction of sp³-hybridized carbons (Fsp3) is 0.308. The largest absolute Gasteiger partial charge is 0.320 e. The molecule has 0 radical (unpaired) electrons. The summed E-state index contributed by atoms with van der Waals surface area (Å²) < 4.78 is 0. The van der Waals surface area contributed by atoms with E-state index < -0.39 is 0 Å². The molecule has 0 saturated carbocycles. The van der Waals surface area contributed by atoms with Crippen LogP contribution in [0.3, 0.4) is 0 Å². The van der Waals surface area contributed by atoms with Crippen LogP contribution < -0.4 is 0 Å². The zero-order valence-corrected chi connectivity index (χ0v) is 11.1. The van der Waals surface area contributed by atoms with Gasteiger partial charge in [-0.3, -0.25) is 0 Å². The fourth-order valence-electron chi connectivity index (χ4n) is 2.24. The van der Waals surface area contributed by atoms with E-state index >= 15 is 0 Å². The van der Waals surface area contributed by atoms with Gasteiger partial charge in [-0.2, -0.15) is 0 Å². The number of allylic oxidation sites excluding steroid dienone is 1. The van der Waals surface area contributed by atoms with E-state index in [1.54, 1.807) is 11.8 Å². The molecule has 1 aromatic carbocycles. The van der Waals surface area contributed by atoms with E-state index in [1.807, 2.05) is 6.07 Å². The Morgan fingerprint density at radius 3 is 2.88 bits per heavy atom. The summed E-state index contributed by atoms with van der Waals surface area (Å²) in [6, 6.07) is 10.4. The molecule has 1 aromatic rings. The van der Waals surface area contributed by atoms with Crippen LogP contribution in [0.25, 0.3) is 0 Å². The number of benzene rings is 1. The SMILES string of the molecule is CC1(c2ccccc2)CN2C(CCl)=CSC2=N1. The molecule has 17 heavy (non-hydrogen) atoms. The summed E-state index contributed by atoms with van der Waals surface area (Å²) in [6.45, 7) is 3.07. The van der Waals surface area contributed by atoms with Gasteiger partial charge in [0.2, 0.25) is 0 Å². The summed E-state index contributed by atoms with van der Waals surface area (Å²) in [5, 5.41) is 3.17. The van der Waals surface area contributed by atoms with Crippen LogP contribution in [0.15, 0.2) is 46.4 Å². The minimum absolute atomic E-state index is 0.144. The highest BCUT2D eigenvalue weighted by Crippen LogP contribution is 2.40. The van der Waals surface area contributed by atoms with E-state index in [0.717, 1.165) is 17.4 Å². The summed E-state index contributed by atoms with van der Waals surface area (Å²) in [6.07, 6.45) is 0. The molecular weight excluding hydrogens is 252 g/mol. The minimum atomic E-state index is -0.144. The summed E-state index contributed by atoms with van der Waals surface area (Å²) in [5.41, 5.74) is 2.28. The molecule has 4 heteroatoms. The highest BCUT2D eigenvalue weighted by atomic mass is 35.5. The van der Waals surface area contributed by atoms with Crippen LogP contribution >= 0.6 is 23.4 Å². The first-order valence-electron chi connectivity index (χ1n) is 5.57. The standard InChI is InChI=1S/C13H13ClN2S/c1-13(10-5-3-2-4-6-10)9-16-11(7-14)8-17-12(16)15-13/h2-6,8H,7,9H2,1H3. The first-order valence-corrected chi connectivity index (χ1v) is 6.99. The smallest absolute Gasteiger partial charge is 0.168 e. The summed E-state index contributed by atoms with van der Waals surface area (Å²) >= 11 is 7.61. The highest BCUT2D eigenvalue weighted by molar-refractivity contribution is 8.16. The van der Waals surface area contributed by atoms with Crippen LogP contribution in [0, 0.1) is 0 Å². The van der Waals surface area contributed by atoms with Gasteiger partial charge in [0.05, 0.1) is 12.4 Å². The van der Waals surface area contributed by atoms with Gasteiger partial charge in [-0.05, 0) is 17.9 Å².